The lowest BCUT2D eigenvalue weighted by atomic mass is 10.2. The van der Waals surface area contributed by atoms with E-state index < -0.39 is 0 Å². The summed E-state index contributed by atoms with van der Waals surface area (Å²) in [6.07, 6.45) is 3.12. The molecule has 0 aliphatic heterocycles. The van der Waals surface area contributed by atoms with Gasteiger partial charge in [-0.1, -0.05) is 35.3 Å². The van der Waals surface area contributed by atoms with Crippen molar-refractivity contribution in [3.05, 3.63) is 74.6 Å². The highest BCUT2D eigenvalue weighted by molar-refractivity contribution is 7.12. The molecule has 2 nitrogen and oxygen atoms in total. The van der Waals surface area contributed by atoms with Crippen LogP contribution in [0.2, 0.25) is 10.0 Å². The van der Waals surface area contributed by atoms with Crippen LogP contribution in [0, 0.1) is 0 Å². The van der Waals surface area contributed by atoms with Crippen molar-refractivity contribution >= 4 is 46.4 Å². The van der Waals surface area contributed by atoms with Crippen molar-refractivity contribution in [3.63, 3.8) is 0 Å². The van der Waals surface area contributed by atoms with E-state index in [-0.39, 0.29) is 5.78 Å². The van der Waals surface area contributed by atoms with Crippen molar-refractivity contribution in [1.82, 2.24) is 0 Å². The Balaban J connectivity index is 1.84. The highest BCUT2D eigenvalue weighted by atomic mass is 35.5. The van der Waals surface area contributed by atoms with E-state index in [0.29, 0.717) is 32.0 Å². The van der Waals surface area contributed by atoms with Gasteiger partial charge in [0.15, 0.2) is 5.78 Å². The van der Waals surface area contributed by atoms with Crippen LogP contribution in [-0.2, 0) is 0 Å². The molecule has 1 aromatic carbocycles. The van der Waals surface area contributed by atoms with Crippen LogP contribution in [0.1, 0.15) is 15.4 Å². The molecule has 3 aromatic rings. The van der Waals surface area contributed by atoms with E-state index in [4.69, 9.17) is 27.6 Å². The number of carbonyl (C=O) groups excluding carboxylic acids is 1. The number of halogens is 2. The summed E-state index contributed by atoms with van der Waals surface area (Å²) >= 11 is 13.7. The molecule has 3 rings (SSSR count). The molecular formula is C17H10Cl2O2S. The van der Waals surface area contributed by atoms with Crippen molar-refractivity contribution in [2.75, 3.05) is 0 Å². The first kappa shape index (κ1) is 15.1. The Morgan fingerprint density at radius 2 is 1.82 bits per heavy atom. The maximum absolute atomic E-state index is 11.9. The summed E-state index contributed by atoms with van der Waals surface area (Å²) in [6.45, 7) is 0. The predicted molar refractivity (Wildman–Crippen MR) is 91.8 cm³/mol. The molecule has 2 aromatic heterocycles. The fraction of sp³-hybridized carbons (Fsp3) is 0. The highest BCUT2D eigenvalue weighted by Crippen LogP contribution is 2.35. The SMILES string of the molecule is O=C(/C=C/c1ccc(-c2c(Cl)cccc2Cl)o1)c1cccs1. The van der Waals surface area contributed by atoms with Gasteiger partial charge < -0.3 is 4.42 Å². The van der Waals surface area contributed by atoms with Crippen molar-refractivity contribution in [3.8, 4) is 11.3 Å². The highest BCUT2D eigenvalue weighted by Gasteiger charge is 2.12. The molecule has 0 spiro atoms. The Bertz CT molecular complexity index is 812. The third-order valence-electron chi connectivity index (χ3n) is 3.00. The van der Waals surface area contributed by atoms with Crippen molar-refractivity contribution in [2.45, 2.75) is 0 Å². The van der Waals surface area contributed by atoms with Crippen LogP contribution in [0.5, 0.6) is 0 Å². The second-order valence-electron chi connectivity index (χ2n) is 4.47. The zero-order valence-electron chi connectivity index (χ0n) is 11.3. The molecule has 2 heterocycles. The third kappa shape index (κ3) is 3.17. The minimum Gasteiger partial charge on any atom is -0.457 e. The van der Waals surface area contributed by atoms with Crippen LogP contribution in [0.3, 0.4) is 0 Å². The average Bonchev–Trinajstić information content (AvgIpc) is 3.16. The summed E-state index contributed by atoms with van der Waals surface area (Å²) < 4.78 is 5.69. The van der Waals surface area contributed by atoms with Gasteiger partial charge in [-0.25, -0.2) is 0 Å². The molecular weight excluding hydrogens is 339 g/mol. The molecule has 110 valence electrons. The number of benzene rings is 1. The first-order chi connectivity index (χ1) is 10.6. The number of thiophene rings is 1. The number of furan rings is 1. The van der Waals surface area contributed by atoms with Gasteiger partial charge in [0, 0.05) is 0 Å². The number of hydrogen-bond donors (Lipinski definition) is 0. The molecule has 0 fully saturated rings. The molecule has 0 saturated carbocycles. The second-order valence-corrected chi connectivity index (χ2v) is 6.24. The number of allylic oxidation sites excluding steroid dienone is 1. The Hall–Kier alpha value is -1.81. The normalized spacial score (nSPS) is 11.2. The summed E-state index contributed by atoms with van der Waals surface area (Å²) in [4.78, 5) is 12.6. The lowest BCUT2D eigenvalue weighted by molar-refractivity contribution is 0.105. The first-order valence-corrected chi connectivity index (χ1v) is 8.09. The Labute approximate surface area is 141 Å². The van der Waals surface area contributed by atoms with Crippen LogP contribution in [-0.4, -0.2) is 5.78 Å². The number of hydrogen-bond acceptors (Lipinski definition) is 3. The fourth-order valence-electron chi connectivity index (χ4n) is 1.97. The summed E-state index contributed by atoms with van der Waals surface area (Å²) in [5.74, 6) is 1.08. The molecule has 5 heteroatoms. The van der Waals surface area contributed by atoms with E-state index in [1.807, 2.05) is 11.4 Å². The topological polar surface area (TPSA) is 30.2 Å². The van der Waals surface area contributed by atoms with E-state index in [1.165, 1.54) is 17.4 Å². The molecule has 0 bridgehead atoms. The number of ketones is 1. The minimum absolute atomic E-state index is 0.0521. The molecule has 0 radical (unpaired) electrons. The average molecular weight is 349 g/mol. The van der Waals surface area contributed by atoms with Gasteiger partial charge in [0.1, 0.15) is 11.5 Å². The van der Waals surface area contributed by atoms with Crippen LogP contribution in [0.15, 0.2) is 58.3 Å². The fourth-order valence-corrected chi connectivity index (χ4v) is 3.20. The largest absolute Gasteiger partial charge is 0.457 e. The number of rotatable bonds is 4. The third-order valence-corrected chi connectivity index (χ3v) is 4.51. The zero-order valence-corrected chi connectivity index (χ0v) is 13.6. The van der Waals surface area contributed by atoms with Gasteiger partial charge in [0.05, 0.1) is 20.5 Å². The Morgan fingerprint density at radius 1 is 1.05 bits per heavy atom. The molecule has 0 aliphatic carbocycles. The van der Waals surface area contributed by atoms with Crippen LogP contribution < -0.4 is 0 Å². The smallest absolute Gasteiger partial charge is 0.195 e. The molecule has 0 N–H and O–H groups in total. The molecule has 0 amide bonds. The molecule has 0 unspecified atom stereocenters. The lowest BCUT2D eigenvalue weighted by Gasteiger charge is -2.02. The lowest BCUT2D eigenvalue weighted by Crippen LogP contribution is -1.88. The van der Waals surface area contributed by atoms with Gasteiger partial charge in [-0.3, -0.25) is 4.79 Å². The van der Waals surface area contributed by atoms with Crippen molar-refractivity contribution < 1.29 is 9.21 Å². The van der Waals surface area contributed by atoms with Gasteiger partial charge in [0.2, 0.25) is 0 Å². The van der Waals surface area contributed by atoms with Gasteiger partial charge >= 0.3 is 0 Å². The van der Waals surface area contributed by atoms with Gasteiger partial charge in [-0.15, -0.1) is 11.3 Å². The molecule has 0 atom stereocenters. The van der Waals surface area contributed by atoms with Crippen LogP contribution >= 0.6 is 34.5 Å². The van der Waals surface area contributed by atoms with E-state index in [9.17, 15) is 4.79 Å². The van der Waals surface area contributed by atoms with Gasteiger partial charge in [0.25, 0.3) is 0 Å². The van der Waals surface area contributed by atoms with Crippen LogP contribution in [0.25, 0.3) is 17.4 Å². The Kier molecular flexibility index (Phi) is 4.48. The van der Waals surface area contributed by atoms with E-state index >= 15 is 0 Å². The van der Waals surface area contributed by atoms with E-state index in [2.05, 4.69) is 0 Å². The zero-order chi connectivity index (χ0) is 15.5. The molecule has 0 saturated heterocycles. The minimum atomic E-state index is -0.0521. The monoisotopic (exact) mass is 348 g/mol. The van der Waals surface area contributed by atoms with Crippen LogP contribution in [0.4, 0.5) is 0 Å². The summed E-state index contributed by atoms with van der Waals surface area (Å²) in [7, 11) is 0. The standard InChI is InChI=1S/C17H10Cl2O2S/c18-12-3-1-4-13(19)17(12)15-9-7-11(21-15)6-8-14(20)16-5-2-10-22-16/h1-10H/b8-6+. The molecule has 0 aliphatic rings. The maximum Gasteiger partial charge on any atom is 0.195 e. The maximum atomic E-state index is 11.9. The predicted octanol–water partition coefficient (Wildman–Crippen LogP) is 6.21. The van der Waals surface area contributed by atoms with E-state index in [1.54, 1.807) is 42.5 Å². The van der Waals surface area contributed by atoms with Crippen molar-refractivity contribution in [2.24, 2.45) is 0 Å². The second kappa shape index (κ2) is 6.53. The summed E-state index contributed by atoms with van der Waals surface area (Å²) in [6, 6.07) is 12.5. The summed E-state index contributed by atoms with van der Waals surface area (Å²) in [5.41, 5.74) is 0.648. The summed E-state index contributed by atoms with van der Waals surface area (Å²) in [5, 5.41) is 2.91. The van der Waals surface area contributed by atoms with Gasteiger partial charge in [-0.2, -0.15) is 0 Å². The van der Waals surface area contributed by atoms with E-state index in [0.717, 1.165) is 0 Å². The number of carbonyl (C=O) groups is 1. The Morgan fingerprint density at radius 3 is 2.50 bits per heavy atom. The molecule has 22 heavy (non-hydrogen) atoms. The first-order valence-electron chi connectivity index (χ1n) is 6.45. The van der Waals surface area contributed by atoms with Crippen molar-refractivity contribution in [1.29, 1.82) is 0 Å². The van der Waals surface area contributed by atoms with Gasteiger partial charge in [-0.05, 0) is 47.9 Å². The quantitative estimate of drug-likeness (QED) is 0.414.